The molecule has 0 fully saturated rings. The molecule has 0 atom stereocenters. The third-order valence-electron chi connectivity index (χ3n) is 3.15. The van der Waals surface area contributed by atoms with E-state index in [0.29, 0.717) is 0 Å². The quantitative estimate of drug-likeness (QED) is 0.710. The summed E-state index contributed by atoms with van der Waals surface area (Å²) in [5, 5.41) is 0. The van der Waals surface area contributed by atoms with Crippen molar-refractivity contribution < 1.29 is 0 Å². The Morgan fingerprint density at radius 3 is 2.00 bits per heavy atom. The molecule has 92 valence electrons. The van der Waals surface area contributed by atoms with Crippen LogP contribution in [0.3, 0.4) is 0 Å². The van der Waals surface area contributed by atoms with E-state index in [9.17, 15) is 0 Å². The highest BCUT2D eigenvalue weighted by atomic mass is 32.2. The van der Waals surface area contributed by atoms with Gasteiger partial charge in [0.1, 0.15) is 5.75 Å². The van der Waals surface area contributed by atoms with Crippen LogP contribution in [-0.4, -0.2) is 5.75 Å². The molecule has 0 spiro atoms. The summed E-state index contributed by atoms with van der Waals surface area (Å²) in [5.41, 5.74) is 0. The smallest absolute Gasteiger partial charge is 0.0795 e. The van der Waals surface area contributed by atoms with Crippen molar-refractivity contribution in [1.82, 2.24) is 0 Å². The van der Waals surface area contributed by atoms with Gasteiger partial charge in [-0.05, 0) is 30.7 Å². The number of rotatable bonds is 3. The lowest BCUT2D eigenvalue weighted by Crippen LogP contribution is -2.14. The summed E-state index contributed by atoms with van der Waals surface area (Å²) in [4.78, 5) is 6.01. The van der Waals surface area contributed by atoms with E-state index < -0.39 is 0 Å². The first-order valence-corrected chi connectivity index (χ1v) is 8.68. The van der Waals surface area contributed by atoms with E-state index in [-0.39, 0.29) is 10.9 Å². The van der Waals surface area contributed by atoms with Gasteiger partial charge in [-0.2, -0.15) is 0 Å². The molecule has 0 aliphatic carbocycles. The molecule has 0 radical (unpaired) electrons. The van der Waals surface area contributed by atoms with Crippen LogP contribution in [0.4, 0.5) is 0 Å². The van der Waals surface area contributed by atoms with Gasteiger partial charge in [0.15, 0.2) is 9.79 Å². The molecule has 0 saturated heterocycles. The van der Waals surface area contributed by atoms with Crippen LogP contribution >= 0.6 is 11.8 Å². The van der Waals surface area contributed by atoms with Gasteiger partial charge in [-0.1, -0.05) is 49.4 Å². The van der Waals surface area contributed by atoms with Crippen molar-refractivity contribution in [3.63, 3.8) is 0 Å². The molecule has 0 aromatic heterocycles. The largest absolute Gasteiger partial charge is 0.174 e. The highest BCUT2D eigenvalue weighted by Gasteiger charge is 2.34. The van der Waals surface area contributed by atoms with Gasteiger partial charge in [0, 0.05) is 0 Å². The van der Waals surface area contributed by atoms with Gasteiger partial charge < -0.3 is 0 Å². The average molecular weight is 273 g/mol. The molecule has 1 aliphatic rings. The molecular weight excluding hydrogens is 256 g/mol. The lowest BCUT2D eigenvalue weighted by molar-refractivity contribution is 0.888. The number of hydrogen-bond acceptors (Lipinski definition) is 1. The van der Waals surface area contributed by atoms with Crippen LogP contribution in [0.25, 0.3) is 0 Å². The Morgan fingerprint density at radius 2 is 1.44 bits per heavy atom. The predicted molar refractivity (Wildman–Crippen MR) is 80.7 cm³/mol. The molecular formula is C16H17S2+. The number of benzene rings is 2. The zero-order chi connectivity index (χ0) is 12.4. The van der Waals surface area contributed by atoms with Crippen LogP contribution in [-0.2, 0) is 10.9 Å². The summed E-state index contributed by atoms with van der Waals surface area (Å²) in [6.45, 7) is 2.28. The van der Waals surface area contributed by atoms with E-state index in [1.54, 1.807) is 9.79 Å². The number of hydrogen-bond donors (Lipinski definition) is 0. The molecule has 0 nitrogen and oxygen atoms in total. The summed E-state index contributed by atoms with van der Waals surface area (Å²) in [7, 11) is 0.285. The summed E-state index contributed by atoms with van der Waals surface area (Å²) in [6, 6.07) is 17.8. The summed E-state index contributed by atoms with van der Waals surface area (Å²) >= 11 is 1.93. The minimum atomic E-state index is 0.285. The van der Waals surface area contributed by atoms with Crippen molar-refractivity contribution in [2.75, 3.05) is 5.75 Å². The van der Waals surface area contributed by atoms with Gasteiger partial charge in [0.2, 0.25) is 0 Å². The highest BCUT2D eigenvalue weighted by molar-refractivity contribution is 8.04. The number of unbranched alkanes of at least 4 members (excludes halogenated alkanes) is 1. The lowest BCUT2D eigenvalue weighted by atomic mass is 10.3. The molecule has 0 saturated carbocycles. The van der Waals surface area contributed by atoms with Gasteiger partial charge in [-0.25, -0.2) is 0 Å². The topological polar surface area (TPSA) is 0 Å². The Bertz CT molecular complexity index is 503. The Labute approximate surface area is 116 Å². The third kappa shape index (κ3) is 2.19. The fourth-order valence-electron chi connectivity index (χ4n) is 2.22. The van der Waals surface area contributed by atoms with E-state index in [4.69, 9.17) is 0 Å². The normalized spacial score (nSPS) is 14.1. The Morgan fingerprint density at radius 1 is 0.889 bits per heavy atom. The molecule has 2 heteroatoms. The van der Waals surface area contributed by atoms with Gasteiger partial charge >= 0.3 is 0 Å². The van der Waals surface area contributed by atoms with Crippen molar-refractivity contribution in [1.29, 1.82) is 0 Å². The van der Waals surface area contributed by atoms with Crippen molar-refractivity contribution >= 4 is 22.7 Å². The lowest BCUT2D eigenvalue weighted by Gasteiger charge is -2.18. The maximum absolute atomic E-state index is 2.32. The van der Waals surface area contributed by atoms with Crippen LogP contribution in [0.15, 0.2) is 68.1 Å². The maximum Gasteiger partial charge on any atom is 0.174 e. The van der Waals surface area contributed by atoms with Crippen LogP contribution in [0.1, 0.15) is 19.8 Å². The molecule has 0 unspecified atom stereocenters. The van der Waals surface area contributed by atoms with E-state index in [1.807, 2.05) is 11.8 Å². The van der Waals surface area contributed by atoms with Gasteiger partial charge in [0.25, 0.3) is 0 Å². The molecule has 1 aliphatic heterocycles. The summed E-state index contributed by atoms with van der Waals surface area (Å²) in [5.74, 6) is 1.30. The zero-order valence-electron chi connectivity index (χ0n) is 10.6. The second kappa shape index (κ2) is 5.41. The molecule has 0 N–H and O–H groups in total. The van der Waals surface area contributed by atoms with E-state index >= 15 is 0 Å². The molecule has 1 heterocycles. The van der Waals surface area contributed by atoms with Crippen molar-refractivity contribution in [2.24, 2.45) is 0 Å². The second-order valence-electron chi connectivity index (χ2n) is 4.44. The molecule has 0 bridgehead atoms. The van der Waals surface area contributed by atoms with Crippen molar-refractivity contribution in [3.8, 4) is 0 Å². The molecule has 0 amide bonds. The van der Waals surface area contributed by atoms with Crippen molar-refractivity contribution in [3.05, 3.63) is 48.5 Å². The van der Waals surface area contributed by atoms with Crippen LogP contribution in [0, 0.1) is 0 Å². The molecule has 2 aromatic rings. The van der Waals surface area contributed by atoms with Crippen LogP contribution < -0.4 is 0 Å². The first-order valence-electron chi connectivity index (χ1n) is 6.47. The standard InChI is InChI=1S/C16H17S2/c1-2-3-12-18-15-10-6-4-8-13(15)17-14-9-5-7-11-16(14)18/h4-11H,2-3,12H2,1H3/q+1. The fraction of sp³-hybridized carbons (Fsp3) is 0.250. The first-order chi connectivity index (χ1) is 8.90. The minimum Gasteiger partial charge on any atom is -0.0795 e. The minimum absolute atomic E-state index is 0.285. The Balaban J connectivity index is 2.05. The third-order valence-corrected chi connectivity index (χ3v) is 7.03. The summed E-state index contributed by atoms with van der Waals surface area (Å²) in [6.07, 6.45) is 2.59. The van der Waals surface area contributed by atoms with Gasteiger partial charge in [-0.3, -0.25) is 0 Å². The Hall–Kier alpha value is -0.860. The maximum atomic E-state index is 2.32. The van der Waals surface area contributed by atoms with E-state index in [0.717, 1.165) is 0 Å². The SMILES string of the molecule is CCCC[S+]1c2ccccc2Sc2ccccc21. The van der Waals surface area contributed by atoms with Crippen LogP contribution in [0.2, 0.25) is 0 Å². The fourth-order valence-corrected chi connectivity index (χ4v) is 6.30. The van der Waals surface area contributed by atoms with E-state index in [2.05, 4.69) is 55.5 Å². The second-order valence-corrected chi connectivity index (χ2v) is 7.60. The predicted octanol–water partition coefficient (Wildman–Crippen LogP) is 4.99. The van der Waals surface area contributed by atoms with Crippen LogP contribution in [0.5, 0.6) is 0 Å². The monoisotopic (exact) mass is 273 g/mol. The van der Waals surface area contributed by atoms with Gasteiger partial charge in [-0.15, -0.1) is 0 Å². The van der Waals surface area contributed by atoms with Gasteiger partial charge in [0.05, 0.1) is 20.7 Å². The Kier molecular flexibility index (Phi) is 3.67. The van der Waals surface area contributed by atoms with E-state index in [1.165, 1.54) is 28.4 Å². The molecule has 2 aromatic carbocycles. The first kappa shape index (κ1) is 12.2. The highest BCUT2D eigenvalue weighted by Crippen LogP contribution is 2.45. The summed E-state index contributed by atoms with van der Waals surface area (Å²) < 4.78 is 0. The van der Waals surface area contributed by atoms with Crippen molar-refractivity contribution in [2.45, 2.75) is 39.3 Å². The molecule has 18 heavy (non-hydrogen) atoms. The number of fused-ring (bicyclic) bond motifs is 2. The zero-order valence-corrected chi connectivity index (χ0v) is 12.2. The molecule has 3 rings (SSSR count). The average Bonchev–Trinajstić information content (AvgIpc) is 2.43.